The zero-order valence-electron chi connectivity index (χ0n) is 8.31. The summed E-state index contributed by atoms with van der Waals surface area (Å²) in [5.41, 5.74) is 0. The maximum Gasteiger partial charge on any atom is 0.281 e. The van der Waals surface area contributed by atoms with Gasteiger partial charge in [-0.3, -0.25) is 0 Å². The number of alkyl halides is 1. The van der Waals surface area contributed by atoms with E-state index < -0.39 is 10.2 Å². The van der Waals surface area contributed by atoms with E-state index >= 15 is 0 Å². The molecule has 0 aliphatic carbocycles. The van der Waals surface area contributed by atoms with Crippen molar-refractivity contribution >= 4 is 21.8 Å². The maximum absolute atomic E-state index is 11.8. The topological polar surface area (TPSA) is 49.9 Å². The Balaban J connectivity index is 2.83. The van der Waals surface area contributed by atoms with Crippen molar-refractivity contribution in [3.63, 3.8) is 0 Å². The Bertz CT molecular complexity index is 281. The van der Waals surface area contributed by atoms with E-state index in [1.165, 1.54) is 22.7 Å². The minimum atomic E-state index is -3.36. The first kappa shape index (κ1) is 12.2. The van der Waals surface area contributed by atoms with Gasteiger partial charge in [-0.1, -0.05) is 0 Å². The Morgan fingerprint density at radius 3 is 2.71 bits per heavy atom. The van der Waals surface area contributed by atoms with Crippen molar-refractivity contribution in [2.75, 3.05) is 39.7 Å². The van der Waals surface area contributed by atoms with Gasteiger partial charge in [-0.05, 0) is 0 Å². The molecule has 0 N–H and O–H groups in total. The normalized spacial score (nSPS) is 25.6. The minimum absolute atomic E-state index is 0.252. The number of morpholine rings is 1. The lowest BCUT2D eigenvalue weighted by Gasteiger charge is -2.34. The molecule has 7 heteroatoms. The van der Waals surface area contributed by atoms with Crippen LogP contribution in [0.25, 0.3) is 0 Å². The van der Waals surface area contributed by atoms with Gasteiger partial charge >= 0.3 is 0 Å². The summed E-state index contributed by atoms with van der Waals surface area (Å²) in [6.45, 7) is 1.18. The van der Waals surface area contributed by atoms with Crippen LogP contribution in [0.5, 0.6) is 0 Å². The average Bonchev–Trinajstić information content (AvgIpc) is 2.17. The van der Waals surface area contributed by atoms with Gasteiger partial charge in [-0.15, -0.1) is 11.6 Å². The third kappa shape index (κ3) is 2.38. The van der Waals surface area contributed by atoms with E-state index in [0.717, 1.165) is 0 Å². The van der Waals surface area contributed by atoms with Gasteiger partial charge in [-0.2, -0.15) is 17.0 Å². The van der Waals surface area contributed by atoms with E-state index in [2.05, 4.69) is 0 Å². The van der Waals surface area contributed by atoms with Gasteiger partial charge in [0, 0.05) is 26.5 Å². The molecule has 1 aliphatic heterocycles. The fraction of sp³-hybridized carbons (Fsp3) is 1.00. The number of ether oxygens (including phenoxy) is 1. The first-order chi connectivity index (χ1) is 6.50. The molecular weight excluding hydrogens is 228 g/mol. The lowest BCUT2D eigenvalue weighted by molar-refractivity contribution is 0.0383. The van der Waals surface area contributed by atoms with E-state index in [0.29, 0.717) is 19.8 Å². The molecule has 0 radical (unpaired) electrons. The van der Waals surface area contributed by atoms with Crippen molar-refractivity contribution in [1.29, 1.82) is 0 Å². The van der Waals surface area contributed by atoms with Gasteiger partial charge in [-0.25, -0.2) is 0 Å². The van der Waals surface area contributed by atoms with Gasteiger partial charge in [0.25, 0.3) is 10.2 Å². The molecule has 0 bridgehead atoms. The van der Waals surface area contributed by atoms with Crippen LogP contribution < -0.4 is 0 Å². The second-order valence-electron chi connectivity index (χ2n) is 3.28. The van der Waals surface area contributed by atoms with Crippen LogP contribution in [0.1, 0.15) is 0 Å². The van der Waals surface area contributed by atoms with E-state index in [1.54, 1.807) is 0 Å². The van der Waals surface area contributed by atoms with Crippen LogP contribution in [0.2, 0.25) is 0 Å². The SMILES string of the molecule is CN(C)S(=O)(=O)N1CCOCC1CCl. The highest BCUT2D eigenvalue weighted by atomic mass is 35.5. The fourth-order valence-electron chi connectivity index (χ4n) is 1.27. The summed E-state index contributed by atoms with van der Waals surface area (Å²) in [6, 6.07) is -0.252. The predicted molar refractivity (Wildman–Crippen MR) is 54.6 cm³/mol. The van der Waals surface area contributed by atoms with Crippen LogP contribution in [0, 0.1) is 0 Å². The molecule has 1 fully saturated rings. The second kappa shape index (κ2) is 4.76. The lowest BCUT2D eigenvalue weighted by atomic mass is 10.3. The van der Waals surface area contributed by atoms with Crippen LogP contribution in [-0.2, 0) is 14.9 Å². The molecule has 84 valence electrons. The third-order valence-corrected chi connectivity index (χ3v) is 4.46. The zero-order chi connectivity index (χ0) is 10.8. The Morgan fingerprint density at radius 2 is 2.21 bits per heavy atom. The standard InChI is InChI=1S/C7H15ClN2O3S/c1-9(2)14(11,12)10-3-4-13-6-7(10)5-8/h7H,3-6H2,1-2H3. The van der Waals surface area contributed by atoms with Crippen LogP contribution in [0.15, 0.2) is 0 Å². The Labute approximate surface area is 89.8 Å². The summed E-state index contributed by atoms with van der Waals surface area (Å²) in [5, 5.41) is 0. The van der Waals surface area contributed by atoms with E-state index in [9.17, 15) is 8.42 Å². The van der Waals surface area contributed by atoms with Gasteiger partial charge in [0.2, 0.25) is 0 Å². The quantitative estimate of drug-likeness (QED) is 0.641. The molecule has 1 atom stereocenters. The molecule has 5 nitrogen and oxygen atoms in total. The smallest absolute Gasteiger partial charge is 0.281 e. The summed E-state index contributed by atoms with van der Waals surface area (Å²) in [4.78, 5) is 0. The molecule has 1 rings (SSSR count). The molecule has 1 aliphatic rings. The second-order valence-corrected chi connectivity index (χ2v) is 5.69. The highest BCUT2D eigenvalue weighted by Gasteiger charge is 2.33. The van der Waals surface area contributed by atoms with Crippen LogP contribution in [0.4, 0.5) is 0 Å². The first-order valence-corrected chi connectivity index (χ1v) is 6.26. The maximum atomic E-state index is 11.8. The minimum Gasteiger partial charge on any atom is -0.378 e. The van der Waals surface area contributed by atoms with Crippen molar-refractivity contribution in [3.8, 4) is 0 Å². The van der Waals surface area contributed by atoms with Crippen molar-refractivity contribution < 1.29 is 13.2 Å². The third-order valence-electron chi connectivity index (χ3n) is 2.11. The fourth-order valence-corrected chi connectivity index (χ4v) is 2.85. The Kier molecular flexibility index (Phi) is 4.15. The van der Waals surface area contributed by atoms with Gasteiger partial charge in [0.1, 0.15) is 0 Å². The van der Waals surface area contributed by atoms with Crippen molar-refractivity contribution in [1.82, 2.24) is 8.61 Å². The molecule has 1 unspecified atom stereocenters. The van der Waals surface area contributed by atoms with Crippen molar-refractivity contribution in [2.45, 2.75) is 6.04 Å². The number of rotatable bonds is 3. The van der Waals surface area contributed by atoms with Gasteiger partial charge < -0.3 is 4.74 Å². The molecule has 0 amide bonds. The molecule has 1 heterocycles. The summed E-state index contributed by atoms with van der Waals surface area (Å²) >= 11 is 5.68. The van der Waals surface area contributed by atoms with Crippen LogP contribution in [0.3, 0.4) is 0 Å². The summed E-state index contributed by atoms with van der Waals surface area (Å²) in [5.74, 6) is 0.257. The Morgan fingerprint density at radius 1 is 1.57 bits per heavy atom. The average molecular weight is 243 g/mol. The predicted octanol–water partition coefficient (Wildman–Crippen LogP) is -0.268. The van der Waals surface area contributed by atoms with Crippen molar-refractivity contribution in [3.05, 3.63) is 0 Å². The first-order valence-electron chi connectivity index (χ1n) is 4.33. The number of halogens is 1. The van der Waals surface area contributed by atoms with E-state index in [1.807, 2.05) is 0 Å². The molecule has 14 heavy (non-hydrogen) atoms. The molecule has 0 aromatic carbocycles. The molecule has 0 aromatic heterocycles. The van der Waals surface area contributed by atoms with E-state index in [4.69, 9.17) is 16.3 Å². The van der Waals surface area contributed by atoms with Crippen LogP contribution in [-0.4, -0.2) is 62.8 Å². The lowest BCUT2D eigenvalue weighted by Crippen LogP contribution is -2.53. The van der Waals surface area contributed by atoms with Gasteiger partial charge in [0.15, 0.2) is 0 Å². The van der Waals surface area contributed by atoms with Crippen LogP contribution >= 0.6 is 11.6 Å². The highest BCUT2D eigenvalue weighted by Crippen LogP contribution is 2.15. The number of hydrogen-bond donors (Lipinski definition) is 0. The number of nitrogens with zero attached hydrogens (tertiary/aromatic N) is 2. The van der Waals surface area contributed by atoms with Gasteiger partial charge in [0.05, 0.1) is 19.3 Å². The van der Waals surface area contributed by atoms with Crippen molar-refractivity contribution in [2.24, 2.45) is 0 Å². The van der Waals surface area contributed by atoms with E-state index in [-0.39, 0.29) is 11.9 Å². The largest absolute Gasteiger partial charge is 0.378 e. The molecule has 0 saturated carbocycles. The summed E-state index contributed by atoms with van der Waals surface area (Å²) < 4.78 is 31.3. The molecule has 0 aromatic rings. The highest BCUT2D eigenvalue weighted by molar-refractivity contribution is 7.86. The summed E-state index contributed by atoms with van der Waals surface area (Å²) in [6.07, 6.45) is 0. The monoisotopic (exact) mass is 242 g/mol. The summed E-state index contributed by atoms with van der Waals surface area (Å²) in [7, 11) is -0.339. The zero-order valence-corrected chi connectivity index (χ0v) is 9.88. The Hall–Kier alpha value is 0.120. The molecule has 0 spiro atoms. The number of hydrogen-bond acceptors (Lipinski definition) is 3. The molecular formula is C7H15ClN2O3S. The molecule has 1 saturated heterocycles.